The van der Waals surface area contributed by atoms with E-state index in [4.69, 9.17) is 0 Å². The van der Waals surface area contributed by atoms with Crippen LogP contribution in [0.5, 0.6) is 0 Å². The Hall–Kier alpha value is -0.380. The van der Waals surface area contributed by atoms with E-state index in [1.165, 1.54) is 56.2 Å². The molecule has 0 saturated heterocycles. The molecule has 1 aliphatic carbocycles. The molecule has 120 valence electrons. The average molecular weight is 309 g/mol. The molecule has 1 aliphatic rings. The summed E-state index contributed by atoms with van der Waals surface area (Å²) in [6.07, 6.45) is 10.6. The summed E-state index contributed by atoms with van der Waals surface area (Å²) >= 11 is 1.90. The zero-order valence-corrected chi connectivity index (χ0v) is 14.8. The molecule has 1 fully saturated rings. The van der Waals surface area contributed by atoms with Crippen LogP contribution in [-0.2, 0) is 6.42 Å². The Morgan fingerprint density at radius 2 is 2.05 bits per heavy atom. The Balaban J connectivity index is 2.07. The standard InChI is InChI=1S/C18H32N2S/c1-4-14-19-17(11-10-16-9-8-15-21-16)18(20(2)3)12-6-5-7-13-18/h8-9,15,17,19H,4-7,10-14H2,1-3H3. The van der Waals surface area contributed by atoms with Crippen molar-refractivity contribution in [2.45, 2.75) is 69.9 Å². The topological polar surface area (TPSA) is 15.3 Å². The number of likely N-dealkylation sites (N-methyl/N-ethyl adjacent to an activating group) is 1. The molecule has 1 N–H and O–H groups in total. The van der Waals surface area contributed by atoms with Crippen LogP contribution in [0.25, 0.3) is 0 Å². The Morgan fingerprint density at radius 1 is 1.29 bits per heavy atom. The number of thiophene rings is 1. The number of hydrogen-bond acceptors (Lipinski definition) is 3. The quantitative estimate of drug-likeness (QED) is 0.769. The molecule has 21 heavy (non-hydrogen) atoms. The van der Waals surface area contributed by atoms with Gasteiger partial charge >= 0.3 is 0 Å². The van der Waals surface area contributed by atoms with Gasteiger partial charge in [-0.2, -0.15) is 0 Å². The van der Waals surface area contributed by atoms with Crippen LogP contribution in [0.3, 0.4) is 0 Å². The lowest BCUT2D eigenvalue weighted by Gasteiger charge is -2.49. The fraction of sp³-hybridized carbons (Fsp3) is 0.778. The highest BCUT2D eigenvalue weighted by molar-refractivity contribution is 7.09. The Morgan fingerprint density at radius 3 is 2.62 bits per heavy atom. The van der Waals surface area contributed by atoms with Gasteiger partial charge in [-0.15, -0.1) is 11.3 Å². The number of nitrogens with zero attached hydrogens (tertiary/aromatic N) is 1. The van der Waals surface area contributed by atoms with Crippen LogP contribution in [0.4, 0.5) is 0 Å². The van der Waals surface area contributed by atoms with Gasteiger partial charge in [-0.1, -0.05) is 32.3 Å². The first-order valence-corrected chi connectivity index (χ1v) is 9.50. The smallest absolute Gasteiger partial charge is 0.0356 e. The van der Waals surface area contributed by atoms with E-state index < -0.39 is 0 Å². The van der Waals surface area contributed by atoms with Crippen LogP contribution >= 0.6 is 11.3 Å². The molecule has 1 atom stereocenters. The molecule has 3 heteroatoms. The van der Waals surface area contributed by atoms with Crippen molar-refractivity contribution in [3.05, 3.63) is 22.4 Å². The zero-order chi connectivity index (χ0) is 15.1. The van der Waals surface area contributed by atoms with Crippen LogP contribution < -0.4 is 5.32 Å². The third kappa shape index (κ3) is 4.30. The Kier molecular flexibility index (Phi) is 6.72. The van der Waals surface area contributed by atoms with Crippen molar-refractivity contribution in [1.82, 2.24) is 10.2 Å². The normalized spacial score (nSPS) is 19.8. The monoisotopic (exact) mass is 308 g/mol. The van der Waals surface area contributed by atoms with Crippen LogP contribution in [0.1, 0.15) is 56.7 Å². The maximum atomic E-state index is 3.89. The van der Waals surface area contributed by atoms with E-state index in [2.05, 4.69) is 48.7 Å². The molecule has 2 nitrogen and oxygen atoms in total. The van der Waals surface area contributed by atoms with Gasteiger partial charge < -0.3 is 10.2 Å². The highest BCUT2D eigenvalue weighted by Gasteiger charge is 2.40. The van der Waals surface area contributed by atoms with Gasteiger partial charge in [0.25, 0.3) is 0 Å². The lowest BCUT2D eigenvalue weighted by molar-refractivity contribution is 0.0536. The van der Waals surface area contributed by atoms with Crippen molar-refractivity contribution in [2.24, 2.45) is 0 Å². The summed E-state index contributed by atoms with van der Waals surface area (Å²) in [6.45, 7) is 3.41. The van der Waals surface area contributed by atoms with Crippen molar-refractivity contribution in [3.63, 3.8) is 0 Å². The summed E-state index contributed by atoms with van der Waals surface area (Å²) in [5.74, 6) is 0. The number of nitrogens with one attached hydrogen (secondary N) is 1. The minimum absolute atomic E-state index is 0.366. The van der Waals surface area contributed by atoms with Gasteiger partial charge in [0, 0.05) is 16.5 Å². The minimum Gasteiger partial charge on any atom is -0.312 e. The van der Waals surface area contributed by atoms with Crippen LogP contribution in [0, 0.1) is 0 Å². The minimum atomic E-state index is 0.366. The van der Waals surface area contributed by atoms with E-state index in [9.17, 15) is 0 Å². The van der Waals surface area contributed by atoms with Gasteiger partial charge in [-0.3, -0.25) is 0 Å². The van der Waals surface area contributed by atoms with Crippen molar-refractivity contribution in [3.8, 4) is 0 Å². The maximum Gasteiger partial charge on any atom is 0.0356 e. The molecule has 2 rings (SSSR count). The fourth-order valence-corrected chi connectivity index (χ4v) is 4.62. The first kappa shape index (κ1) is 17.0. The molecule has 1 heterocycles. The van der Waals surface area contributed by atoms with E-state index in [0.717, 1.165) is 6.54 Å². The summed E-state index contributed by atoms with van der Waals surface area (Å²) in [6, 6.07) is 5.08. The largest absolute Gasteiger partial charge is 0.312 e. The lowest BCUT2D eigenvalue weighted by atomic mass is 9.73. The lowest BCUT2D eigenvalue weighted by Crippen LogP contribution is -2.60. The summed E-state index contributed by atoms with van der Waals surface area (Å²) in [5, 5.41) is 6.09. The SMILES string of the molecule is CCCNC(CCc1cccs1)C1(N(C)C)CCCCC1. The molecule has 0 aromatic carbocycles. The third-order valence-electron chi connectivity index (χ3n) is 5.16. The molecule has 1 unspecified atom stereocenters. The van der Waals surface area contributed by atoms with E-state index in [-0.39, 0.29) is 0 Å². The van der Waals surface area contributed by atoms with E-state index in [1.807, 2.05) is 11.3 Å². The first-order chi connectivity index (χ1) is 10.2. The molecule has 0 aliphatic heterocycles. The van der Waals surface area contributed by atoms with Crippen molar-refractivity contribution >= 4 is 11.3 Å². The van der Waals surface area contributed by atoms with Gasteiger partial charge in [-0.05, 0) is 64.2 Å². The van der Waals surface area contributed by atoms with Crippen molar-refractivity contribution in [1.29, 1.82) is 0 Å². The Labute approximate surface area is 134 Å². The average Bonchev–Trinajstić information content (AvgIpc) is 3.01. The summed E-state index contributed by atoms with van der Waals surface area (Å²) in [5.41, 5.74) is 0.366. The second kappa shape index (κ2) is 8.30. The molecule has 0 amide bonds. The summed E-state index contributed by atoms with van der Waals surface area (Å²) in [7, 11) is 4.58. The number of hydrogen-bond donors (Lipinski definition) is 1. The second-order valence-corrected chi connectivity index (χ2v) is 7.72. The molecular formula is C18H32N2S. The fourth-order valence-electron chi connectivity index (χ4n) is 3.89. The second-order valence-electron chi connectivity index (χ2n) is 6.68. The first-order valence-electron chi connectivity index (χ1n) is 8.62. The summed E-state index contributed by atoms with van der Waals surface area (Å²) in [4.78, 5) is 4.05. The van der Waals surface area contributed by atoms with Crippen LogP contribution in [-0.4, -0.2) is 37.1 Å². The van der Waals surface area contributed by atoms with E-state index in [0.29, 0.717) is 11.6 Å². The molecule has 1 aromatic rings. The molecule has 0 radical (unpaired) electrons. The van der Waals surface area contributed by atoms with Gasteiger partial charge in [0.15, 0.2) is 0 Å². The van der Waals surface area contributed by atoms with Crippen molar-refractivity contribution < 1.29 is 0 Å². The third-order valence-corrected chi connectivity index (χ3v) is 6.10. The number of rotatable bonds is 8. The van der Waals surface area contributed by atoms with Crippen molar-refractivity contribution in [2.75, 3.05) is 20.6 Å². The molecule has 1 saturated carbocycles. The highest BCUT2D eigenvalue weighted by Crippen LogP contribution is 2.36. The molecular weight excluding hydrogens is 276 g/mol. The molecule has 0 bridgehead atoms. The van der Waals surface area contributed by atoms with Gasteiger partial charge in [0.1, 0.15) is 0 Å². The molecule has 0 spiro atoms. The van der Waals surface area contributed by atoms with Gasteiger partial charge in [-0.25, -0.2) is 0 Å². The van der Waals surface area contributed by atoms with E-state index >= 15 is 0 Å². The highest BCUT2D eigenvalue weighted by atomic mass is 32.1. The van der Waals surface area contributed by atoms with Crippen LogP contribution in [0.15, 0.2) is 17.5 Å². The maximum absolute atomic E-state index is 3.89. The van der Waals surface area contributed by atoms with Crippen LogP contribution in [0.2, 0.25) is 0 Å². The van der Waals surface area contributed by atoms with Gasteiger partial charge in [0.2, 0.25) is 0 Å². The molecule has 1 aromatic heterocycles. The van der Waals surface area contributed by atoms with E-state index in [1.54, 1.807) is 0 Å². The summed E-state index contributed by atoms with van der Waals surface area (Å²) < 4.78 is 0. The predicted octanol–water partition coefficient (Wildman–Crippen LogP) is 4.31. The zero-order valence-electron chi connectivity index (χ0n) is 14.0. The predicted molar refractivity (Wildman–Crippen MR) is 94.2 cm³/mol. The Bertz CT molecular complexity index is 380. The van der Waals surface area contributed by atoms with Gasteiger partial charge in [0.05, 0.1) is 0 Å². The number of aryl methyl sites for hydroxylation is 1.